The van der Waals surface area contributed by atoms with E-state index in [0.717, 1.165) is 22.3 Å². The third-order valence-corrected chi connectivity index (χ3v) is 4.47. The Labute approximate surface area is 133 Å². The minimum Gasteiger partial charge on any atom is -0.360 e. The molecule has 0 aliphatic heterocycles. The van der Waals surface area contributed by atoms with Gasteiger partial charge in [0.1, 0.15) is 0 Å². The fourth-order valence-electron chi connectivity index (χ4n) is 3.09. The normalized spacial score (nSPS) is 13.0. The van der Waals surface area contributed by atoms with Gasteiger partial charge in [0.2, 0.25) is 0 Å². The number of aromatic amines is 1. The molecule has 0 aliphatic carbocycles. The molecule has 1 heterocycles. The summed E-state index contributed by atoms with van der Waals surface area (Å²) in [5, 5.41) is 1.93. The number of H-pyrrole nitrogens is 1. The lowest BCUT2D eigenvalue weighted by Crippen LogP contribution is -2.00. The molecule has 2 heteroatoms. The molecule has 21 heavy (non-hydrogen) atoms. The summed E-state index contributed by atoms with van der Waals surface area (Å²) in [4.78, 5) is 3.21. The van der Waals surface area contributed by atoms with Crippen LogP contribution < -0.4 is 0 Å². The Hall–Kier alpha value is -1.21. The summed E-state index contributed by atoms with van der Waals surface area (Å²) in [7, 11) is 0. The average Bonchev–Trinajstić information content (AvgIpc) is 2.84. The molecule has 2 rings (SSSR count). The third kappa shape index (κ3) is 3.52. The quantitative estimate of drug-likeness (QED) is 0.602. The Morgan fingerprint density at radius 1 is 1.24 bits per heavy atom. The van der Waals surface area contributed by atoms with E-state index >= 15 is 0 Å². The molecule has 0 aliphatic rings. The van der Waals surface area contributed by atoms with Gasteiger partial charge in [-0.3, -0.25) is 0 Å². The van der Waals surface area contributed by atoms with E-state index in [1.165, 1.54) is 30.4 Å². The van der Waals surface area contributed by atoms with Crippen molar-refractivity contribution in [1.29, 1.82) is 0 Å². The molecule has 0 saturated carbocycles. The van der Waals surface area contributed by atoms with Gasteiger partial charge in [0, 0.05) is 17.1 Å². The first-order valence-electron chi connectivity index (χ1n) is 8.07. The first kappa shape index (κ1) is 16.2. The van der Waals surface area contributed by atoms with Crippen LogP contribution in [0.3, 0.4) is 0 Å². The summed E-state index contributed by atoms with van der Waals surface area (Å²) in [5.74, 6) is 0.534. The van der Waals surface area contributed by atoms with E-state index in [4.69, 9.17) is 11.6 Å². The molecular weight excluding hydrogens is 278 g/mol. The second-order valence-corrected chi connectivity index (χ2v) is 6.43. The van der Waals surface area contributed by atoms with E-state index in [-0.39, 0.29) is 0 Å². The maximum absolute atomic E-state index is 6.28. The lowest BCUT2D eigenvalue weighted by Gasteiger charge is -2.18. The van der Waals surface area contributed by atoms with Crippen molar-refractivity contribution in [3.63, 3.8) is 0 Å². The number of rotatable bonds is 6. The van der Waals surface area contributed by atoms with Gasteiger partial charge in [0.15, 0.2) is 0 Å². The molecule has 0 fully saturated rings. The van der Waals surface area contributed by atoms with Gasteiger partial charge in [-0.05, 0) is 48.4 Å². The number of hydrogen-bond acceptors (Lipinski definition) is 0. The second kappa shape index (κ2) is 7.17. The molecule has 1 nitrogen and oxygen atoms in total. The Bertz CT molecular complexity index is 634. The van der Waals surface area contributed by atoms with Gasteiger partial charge in [-0.15, -0.1) is 0 Å². The van der Waals surface area contributed by atoms with Crippen LogP contribution in [0, 0.1) is 5.92 Å². The number of unbranched alkanes of at least 4 members (excludes halogenated alkanes) is 1. The van der Waals surface area contributed by atoms with Gasteiger partial charge in [-0.2, -0.15) is 0 Å². The van der Waals surface area contributed by atoms with E-state index in [9.17, 15) is 0 Å². The topological polar surface area (TPSA) is 15.8 Å². The number of aromatic nitrogens is 1. The third-order valence-electron chi connectivity index (χ3n) is 4.16. The minimum absolute atomic E-state index is 0.534. The second-order valence-electron chi connectivity index (χ2n) is 6.03. The molecule has 1 N–H and O–H groups in total. The molecular formula is C19H26ClN. The fourth-order valence-corrected chi connectivity index (χ4v) is 3.30. The smallest absolute Gasteiger partial charge is 0.0659 e. The average molecular weight is 304 g/mol. The Kier molecular flexibility index (Phi) is 5.52. The van der Waals surface area contributed by atoms with Crippen molar-refractivity contribution in [1.82, 2.24) is 4.98 Å². The Morgan fingerprint density at radius 3 is 2.62 bits per heavy atom. The molecule has 0 atom stereocenters. The summed E-state index contributed by atoms with van der Waals surface area (Å²) in [6.07, 6.45) is 6.72. The molecule has 2 aromatic rings. The van der Waals surface area contributed by atoms with Crippen LogP contribution in [0.2, 0.25) is 5.02 Å². The monoisotopic (exact) mass is 303 g/mol. The summed E-state index contributed by atoms with van der Waals surface area (Å²) in [5.41, 5.74) is 5.54. The molecule has 0 amide bonds. The van der Waals surface area contributed by atoms with Crippen molar-refractivity contribution in [3.8, 4) is 0 Å². The minimum atomic E-state index is 0.534. The van der Waals surface area contributed by atoms with Crippen molar-refractivity contribution >= 4 is 28.1 Å². The zero-order valence-corrected chi connectivity index (χ0v) is 14.3. The van der Waals surface area contributed by atoms with Crippen molar-refractivity contribution in [3.05, 3.63) is 40.6 Å². The SMILES string of the molecule is CCCC/C(CC)=C(/c1ccc2[nH]cc(Cl)c2c1)C(C)C. The zero-order valence-electron chi connectivity index (χ0n) is 13.6. The van der Waals surface area contributed by atoms with E-state index < -0.39 is 0 Å². The zero-order chi connectivity index (χ0) is 15.4. The summed E-state index contributed by atoms with van der Waals surface area (Å²) in [6.45, 7) is 9.11. The van der Waals surface area contributed by atoms with Crippen LogP contribution in [0.25, 0.3) is 16.5 Å². The van der Waals surface area contributed by atoms with Crippen LogP contribution in [-0.2, 0) is 0 Å². The number of fused-ring (bicyclic) bond motifs is 1. The largest absolute Gasteiger partial charge is 0.360 e. The number of hydrogen-bond donors (Lipinski definition) is 1. The molecule has 0 saturated heterocycles. The van der Waals surface area contributed by atoms with E-state index in [0.29, 0.717) is 5.92 Å². The molecule has 0 spiro atoms. The van der Waals surface area contributed by atoms with Gasteiger partial charge < -0.3 is 4.98 Å². The van der Waals surface area contributed by atoms with Crippen molar-refractivity contribution in [2.75, 3.05) is 0 Å². The summed E-state index contributed by atoms with van der Waals surface area (Å²) >= 11 is 6.28. The molecule has 1 aromatic carbocycles. The molecule has 114 valence electrons. The van der Waals surface area contributed by atoms with Crippen LogP contribution in [0.1, 0.15) is 58.9 Å². The number of nitrogens with one attached hydrogen (secondary N) is 1. The van der Waals surface area contributed by atoms with E-state index in [1.807, 2.05) is 6.20 Å². The molecule has 0 radical (unpaired) electrons. The van der Waals surface area contributed by atoms with E-state index in [1.54, 1.807) is 5.57 Å². The molecule has 0 unspecified atom stereocenters. The molecule has 1 aromatic heterocycles. The number of allylic oxidation sites excluding steroid dienone is 2. The van der Waals surface area contributed by atoms with Gasteiger partial charge in [0.25, 0.3) is 0 Å². The Balaban J connectivity index is 2.53. The Morgan fingerprint density at radius 2 is 2.00 bits per heavy atom. The first-order valence-corrected chi connectivity index (χ1v) is 8.45. The van der Waals surface area contributed by atoms with Crippen molar-refractivity contribution < 1.29 is 0 Å². The van der Waals surface area contributed by atoms with Crippen LogP contribution in [-0.4, -0.2) is 4.98 Å². The standard InChI is InChI=1S/C19H26ClN/c1-5-7-8-14(6-2)19(13(3)4)15-9-10-18-16(11-15)17(20)12-21-18/h9-13,21H,5-8H2,1-4H3/b19-14+. The maximum Gasteiger partial charge on any atom is 0.0659 e. The highest BCUT2D eigenvalue weighted by molar-refractivity contribution is 6.35. The van der Waals surface area contributed by atoms with E-state index in [2.05, 4.69) is 50.9 Å². The van der Waals surface area contributed by atoms with Gasteiger partial charge in [-0.25, -0.2) is 0 Å². The highest BCUT2D eigenvalue weighted by Crippen LogP contribution is 2.34. The summed E-state index contributed by atoms with van der Waals surface area (Å²) in [6, 6.07) is 6.61. The van der Waals surface area contributed by atoms with Crippen molar-refractivity contribution in [2.24, 2.45) is 5.92 Å². The van der Waals surface area contributed by atoms with Gasteiger partial charge >= 0.3 is 0 Å². The highest BCUT2D eigenvalue weighted by atomic mass is 35.5. The number of halogens is 1. The lowest BCUT2D eigenvalue weighted by atomic mass is 9.87. The highest BCUT2D eigenvalue weighted by Gasteiger charge is 2.13. The fraction of sp³-hybridized carbons (Fsp3) is 0.474. The van der Waals surface area contributed by atoms with Crippen LogP contribution in [0.15, 0.2) is 30.0 Å². The number of benzene rings is 1. The first-order chi connectivity index (χ1) is 10.1. The summed E-state index contributed by atoms with van der Waals surface area (Å²) < 4.78 is 0. The van der Waals surface area contributed by atoms with Crippen LogP contribution in [0.5, 0.6) is 0 Å². The predicted octanol–water partition coefficient (Wildman–Crippen LogP) is 6.83. The van der Waals surface area contributed by atoms with Gasteiger partial charge in [0.05, 0.1) is 5.02 Å². The predicted molar refractivity (Wildman–Crippen MR) is 94.9 cm³/mol. The van der Waals surface area contributed by atoms with Crippen molar-refractivity contribution in [2.45, 2.75) is 53.4 Å². The van der Waals surface area contributed by atoms with Crippen LogP contribution >= 0.6 is 11.6 Å². The maximum atomic E-state index is 6.28. The van der Waals surface area contributed by atoms with Gasteiger partial charge in [-0.1, -0.05) is 57.4 Å². The molecule has 0 bridgehead atoms. The van der Waals surface area contributed by atoms with Crippen LogP contribution in [0.4, 0.5) is 0 Å². The lowest BCUT2D eigenvalue weighted by molar-refractivity contribution is 0.749.